The van der Waals surface area contributed by atoms with Gasteiger partial charge in [0, 0.05) is 18.3 Å². The fraction of sp³-hybridized carbons (Fsp3) is 0.381. The fourth-order valence-corrected chi connectivity index (χ4v) is 3.73. The van der Waals surface area contributed by atoms with Crippen molar-refractivity contribution in [3.05, 3.63) is 48.0 Å². The average molecular weight is 470 g/mol. The van der Waals surface area contributed by atoms with Crippen LogP contribution in [0.4, 0.5) is 14.5 Å². The lowest BCUT2D eigenvalue weighted by Crippen LogP contribution is -2.34. The van der Waals surface area contributed by atoms with Gasteiger partial charge in [-0.25, -0.2) is 13.6 Å². The Labute approximate surface area is 185 Å². The summed E-state index contributed by atoms with van der Waals surface area (Å²) in [5.74, 6) is -0.0763. The van der Waals surface area contributed by atoms with Gasteiger partial charge >= 0.3 is 6.61 Å². The molecule has 1 aliphatic rings. The highest BCUT2D eigenvalue weighted by atomic mass is 32.2. The molecule has 0 aromatic heterocycles. The number of sulfonamides is 1. The molecule has 1 amide bonds. The van der Waals surface area contributed by atoms with E-state index < -0.39 is 16.6 Å². The molecule has 0 aliphatic heterocycles. The first-order valence-electron chi connectivity index (χ1n) is 10.0. The molecule has 0 bridgehead atoms. The third kappa shape index (κ3) is 6.87. The number of rotatable bonds is 11. The first-order valence-corrected chi connectivity index (χ1v) is 11.6. The van der Waals surface area contributed by atoms with E-state index in [1.165, 1.54) is 30.3 Å². The van der Waals surface area contributed by atoms with Crippen LogP contribution in [0.25, 0.3) is 0 Å². The van der Waals surface area contributed by atoms with Crippen molar-refractivity contribution in [2.45, 2.75) is 43.9 Å². The number of carbonyl (C=O) groups excluding carboxylic acids is 1. The lowest BCUT2D eigenvalue weighted by Gasteiger charge is -2.22. The highest BCUT2D eigenvalue weighted by molar-refractivity contribution is 7.89. The number of anilines is 1. The average Bonchev–Trinajstić information content (AvgIpc) is 3.54. The molecule has 2 aromatic carbocycles. The maximum atomic E-state index is 12.6. The molecule has 0 atom stereocenters. The number of primary sulfonamides is 1. The predicted octanol–water partition coefficient (Wildman–Crippen LogP) is 2.94. The van der Waals surface area contributed by atoms with Gasteiger partial charge in [-0.2, -0.15) is 8.78 Å². The molecule has 0 heterocycles. The smallest absolute Gasteiger partial charge is 0.387 e. The minimum atomic E-state index is -3.80. The molecule has 1 saturated carbocycles. The van der Waals surface area contributed by atoms with Crippen LogP contribution in [0.1, 0.15) is 25.3 Å². The summed E-state index contributed by atoms with van der Waals surface area (Å²) in [4.78, 5) is 14.5. The highest BCUT2D eigenvalue weighted by Crippen LogP contribution is 2.33. The largest absolute Gasteiger partial charge is 0.490 e. The van der Waals surface area contributed by atoms with Crippen LogP contribution in [-0.4, -0.2) is 45.0 Å². The number of carbonyl (C=O) groups is 1. The second-order valence-corrected chi connectivity index (χ2v) is 8.91. The van der Waals surface area contributed by atoms with Gasteiger partial charge in [-0.3, -0.25) is 9.69 Å². The van der Waals surface area contributed by atoms with Gasteiger partial charge in [0.2, 0.25) is 15.9 Å². The Bertz CT molecular complexity index is 1040. The molecule has 0 saturated heterocycles. The Morgan fingerprint density at radius 1 is 1.19 bits per heavy atom. The molecular formula is C21H25F2N3O5S. The topological polar surface area (TPSA) is 111 Å². The molecule has 11 heteroatoms. The second-order valence-electron chi connectivity index (χ2n) is 7.35. The van der Waals surface area contributed by atoms with Crippen LogP contribution in [0.15, 0.2) is 47.4 Å². The summed E-state index contributed by atoms with van der Waals surface area (Å²) in [6.07, 6.45) is 1.92. The second kappa shape index (κ2) is 10.2. The van der Waals surface area contributed by atoms with Gasteiger partial charge in [0.25, 0.3) is 0 Å². The highest BCUT2D eigenvalue weighted by Gasteiger charge is 2.30. The monoisotopic (exact) mass is 469 g/mol. The van der Waals surface area contributed by atoms with Crippen molar-refractivity contribution in [3.63, 3.8) is 0 Å². The Morgan fingerprint density at radius 2 is 1.88 bits per heavy atom. The molecule has 8 nitrogen and oxygen atoms in total. The Balaban J connectivity index is 1.66. The third-order valence-corrected chi connectivity index (χ3v) is 5.72. The van der Waals surface area contributed by atoms with Crippen LogP contribution in [0.5, 0.6) is 11.5 Å². The van der Waals surface area contributed by atoms with E-state index in [2.05, 4.69) is 10.1 Å². The number of nitrogens with one attached hydrogen (secondary N) is 1. The summed E-state index contributed by atoms with van der Waals surface area (Å²) in [5.41, 5.74) is 1.25. The summed E-state index contributed by atoms with van der Waals surface area (Å²) in [6.45, 7) is -0.374. The molecule has 3 rings (SSSR count). The molecule has 1 aliphatic carbocycles. The van der Waals surface area contributed by atoms with E-state index in [0.29, 0.717) is 18.8 Å². The molecule has 2 aromatic rings. The van der Waals surface area contributed by atoms with E-state index in [-0.39, 0.29) is 34.9 Å². The Hall–Kier alpha value is -2.76. The minimum absolute atomic E-state index is 0.0377. The maximum Gasteiger partial charge on any atom is 0.387 e. The van der Waals surface area contributed by atoms with E-state index >= 15 is 0 Å². The minimum Gasteiger partial charge on any atom is -0.490 e. The van der Waals surface area contributed by atoms with Gasteiger partial charge in [0.15, 0.2) is 11.5 Å². The molecule has 174 valence electrons. The number of hydrogen-bond acceptors (Lipinski definition) is 6. The fourth-order valence-electron chi connectivity index (χ4n) is 3.21. The summed E-state index contributed by atoms with van der Waals surface area (Å²) >= 11 is 0. The maximum absolute atomic E-state index is 12.6. The number of benzene rings is 2. The van der Waals surface area contributed by atoms with Crippen molar-refractivity contribution in [1.82, 2.24) is 4.90 Å². The quantitative estimate of drug-likeness (QED) is 0.524. The van der Waals surface area contributed by atoms with E-state index in [9.17, 15) is 22.0 Å². The molecule has 0 unspecified atom stereocenters. The van der Waals surface area contributed by atoms with Crippen molar-refractivity contribution < 1.29 is 31.5 Å². The first-order chi connectivity index (χ1) is 15.2. The predicted molar refractivity (Wildman–Crippen MR) is 114 cm³/mol. The van der Waals surface area contributed by atoms with Gasteiger partial charge in [0.1, 0.15) is 0 Å². The Kier molecular flexibility index (Phi) is 7.64. The SMILES string of the molecule is CCOc1cc(CN(CC(=O)Nc2ccc(S(N)(=O)=O)cc2)C2CC2)ccc1OC(F)F. The number of ether oxygens (including phenoxy) is 2. The van der Waals surface area contributed by atoms with Crippen LogP contribution in [0.3, 0.4) is 0 Å². The first kappa shape index (κ1) is 23.9. The molecule has 0 radical (unpaired) electrons. The van der Waals surface area contributed by atoms with Crippen LogP contribution in [-0.2, 0) is 21.4 Å². The van der Waals surface area contributed by atoms with E-state index in [4.69, 9.17) is 9.88 Å². The van der Waals surface area contributed by atoms with Gasteiger partial charge < -0.3 is 14.8 Å². The van der Waals surface area contributed by atoms with E-state index in [1.807, 2.05) is 4.90 Å². The van der Waals surface area contributed by atoms with Gasteiger partial charge in [-0.15, -0.1) is 0 Å². The van der Waals surface area contributed by atoms with Crippen LogP contribution in [0.2, 0.25) is 0 Å². The number of halogens is 2. The lowest BCUT2D eigenvalue weighted by atomic mass is 10.2. The van der Waals surface area contributed by atoms with Crippen molar-refractivity contribution in [1.29, 1.82) is 0 Å². The van der Waals surface area contributed by atoms with Gasteiger partial charge in [0.05, 0.1) is 18.0 Å². The van der Waals surface area contributed by atoms with Crippen molar-refractivity contribution >= 4 is 21.6 Å². The summed E-state index contributed by atoms with van der Waals surface area (Å²) < 4.78 is 57.8. The molecule has 0 spiro atoms. The molecule has 32 heavy (non-hydrogen) atoms. The zero-order valence-electron chi connectivity index (χ0n) is 17.5. The lowest BCUT2D eigenvalue weighted by molar-refractivity contribution is -0.117. The van der Waals surface area contributed by atoms with Gasteiger partial charge in [-0.1, -0.05) is 6.07 Å². The number of alkyl halides is 2. The summed E-state index contributed by atoms with van der Waals surface area (Å²) in [6, 6.07) is 10.6. The Morgan fingerprint density at radius 3 is 2.44 bits per heavy atom. The number of nitrogens with two attached hydrogens (primary N) is 1. The zero-order chi connectivity index (χ0) is 23.3. The van der Waals surface area contributed by atoms with E-state index in [1.54, 1.807) is 19.1 Å². The van der Waals surface area contributed by atoms with Crippen LogP contribution >= 0.6 is 0 Å². The summed E-state index contributed by atoms with van der Waals surface area (Å²) in [7, 11) is -3.80. The van der Waals surface area contributed by atoms with E-state index in [0.717, 1.165) is 18.4 Å². The standard InChI is InChI=1S/C21H25F2N3O5S/c1-2-30-19-11-14(3-10-18(19)31-21(22)23)12-26(16-6-7-16)13-20(27)25-15-4-8-17(9-5-15)32(24,28)29/h3-5,8-11,16,21H,2,6-7,12-13H2,1H3,(H,25,27)(H2,24,28,29). The number of hydrogen-bond donors (Lipinski definition) is 2. The molecular weight excluding hydrogens is 444 g/mol. The number of nitrogens with zero attached hydrogens (tertiary/aromatic N) is 1. The molecule has 3 N–H and O–H groups in total. The van der Waals surface area contributed by atoms with Crippen LogP contribution < -0.4 is 19.9 Å². The number of amides is 1. The van der Waals surface area contributed by atoms with Crippen molar-refractivity contribution in [3.8, 4) is 11.5 Å². The normalized spacial score (nSPS) is 13.9. The van der Waals surface area contributed by atoms with Crippen molar-refractivity contribution in [2.24, 2.45) is 5.14 Å². The third-order valence-electron chi connectivity index (χ3n) is 4.79. The zero-order valence-corrected chi connectivity index (χ0v) is 18.3. The van der Waals surface area contributed by atoms with Crippen molar-refractivity contribution in [2.75, 3.05) is 18.5 Å². The van der Waals surface area contributed by atoms with Gasteiger partial charge in [-0.05, 0) is 61.7 Å². The van der Waals surface area contributed by atoms with Crippen LogP contribution in [0, 0.1) is 0 Å². The summed E-state index contributed by atoms with van der Waals surface area (Å²) in [5, 5.41) is 7.81. The molecule has 1 fully saturated rings.